The number of carbonyl (C=O) groups excluding carboxylic acids is 4. The third kappa shape index (κ3) is 15.6. The minimum Gasteiger partial charge on any atom is -0.494 e. The maximum atomic E-state index is 12.8. The van der Waals surface area contributed by atoms with Gasteiger partial charge < -0.3 is 30.1 Å². The molecular formula is C33H51N5O7. The van der Waals surface area contributed by atoms with Crippen LogP contribution in [0.4, 0.5) is 5.82 Å². The van der Waals surface area contributed by atoms with Crippen molar-refractivity contribution >= 4 is 30.8 Å². The van der Waals surface area contributed by atoms with Gasteiger partial charge in [0.2, 0.25) is 12.8 Å². The Labute approximate surface area is 267 Å². The van der Waals surface area contributed by atoms with E-state index in [4.69, 9.17) is 24.2 Å². The molecule has 1 aliphatic heterocycles. The zero-order valence-electron chi connectivity index (χ0n) is 27.2. The highest BCUT2D eigenvalue weighted by Gasteiger charge is 2.18. The number of imide groups is 1. The molecule has 45 heavy (non-hydrogen) atoms. The molecule has 0 radical (unpaired) electrons. The van der Waals surface area contributed by atoms with Gasteiger partial charge in [-0.1, -0.05) is 32.3 Å². The summed E-state index contributed by atoms with van der Waals surface area (Å²) in [6.45, 7) is 10.3. The Morgan fingerprint density at radius 1 is 1.02 bits per heavy atom. The molecule has 12 nitrogen and oxygen atoms in total. The van der Waals surface area contributed by atoms with Crippen molar-refractivity contribution in [2.75, 3.05) is 58.5 Å². The normalized spacial score (nSPS) is 13.2. The number of aldehydes is 1. The lowest BCUT2D eigenvalue weighted by molar-refractivity contribution is -0.117. The van der Waals surface area contributed by atoms with E-state index in [9.17, 15) is 9.59 Å². The number of hydrogen-bond acceptors (Lipinski definition) is 10. The van der Waals surface area contributed by atoms with E-state index in [2.05, 4.69) is 27.0 Å². The van der Waals surface area contributed by atoms with E-state index >= 15 is 0 Å². The van der Waals surface area contributed by atoms with Gasteiger partial charge in [-0.25, -0.2) is 4.98 Å². The Morgan fingerprint density at radius 2 is 1.73 bits per heavy atom. The summed E-state index contributed by atoms with van der Waals surface area (Å²) in [6.07, 6.45) is 9.54. The number of ether oxygens (including phenoxy) is 2. The molecule has 3 N–H and O–H groups in total. The van der Waals surface area contributed by atoms with Gasteiger partial charge in [0.15, 0.2) is 6.29 Å². The van der Waals surface area contributed by atoms with E-state index in [1.807, 2.05) is 37.3 Å². The average Bonchev–Trinajstić information content (AvgIpc) is 3.07. The lowest BCUT2D eigenvalue weighted by Gasteiger charge is -2.35. The van der Waals surface area contributed by atoms with Gasteiger partial charge in [-0.05, 0) is 62.6 Å². The van der Waals surface area contributed by atoms with Gasteiger partial charge >= 0.3 is 0 Å². The molecule has 0 saturated carbocycles. The van der Waals surface area contributed by atoms with Crippen LogP contribution in [0.15, 0.2) is 36.5 Å². The molecule has 0 bridgehead atoms. The topological polar surface area (TPSA) is 150 Å². The Hall–Kier alpha value is -3.87. The molecule has 0 aliphatic carbocycles. The molecular weight excluding hydrogens is 578 g/mol. The number of benzene rings is 1. The molecule has 1 fully saturated rings. The predicted molar refractivity (Wildman–Crippen MR) is 175 cm³/mol. The van der Waals surface area contributed by atoms with Crippen LogP contribution in [0.3, 0.4) is 0 Å². The van der Waals surface area contributed by atoms with Crippen molar-refractivity contribution in [1.82, 2.24) is 20.5 Å². The monoisotopic (exact) mass is 629 g/mol. The second-order valence-electron chi connectivity index (χ2n) is 10.5. The lowest BCUT2D eigenvalue weighted by atomic mass is 10.1. The number of aliphatic hydroxyl groups is 1. The first-order valence-corrected chi connectivity index (χ1v) is 15.5. The van der Waals surface area contributed by atoms with Gasteiger partial charge in [-0.15, -0.1) is 0 Å². The largest absolute Gasteiger partial charge is 0.494 e. The minimum absolute atomic E-state index is 0.0728. The third-order valence-corrected chi connectivity index (χ3v) is 7.10. The molecule has 1 unspecified atom stereocenters. The Morgan fingerprint density at radius 3 is 2.31 bits per heavy atom. The number of anilines is 1. The molecule has 250 valence electrons. The zero-order chi connectivity index (χ0) is 33.3. The smallest absolute Gasteiger partial charge is 0.251 e. The number of piperazine rings is 1. The average molecular weight is 630 g/mol. The first-order chi connectivity index (χ1) is 21.9. The van der Waals surface area contributed by atoms with Crippen LogP contribution in [0.5, 0.6) is 5.75 Å². The van der Waals surface area contributed by atoms with Crippen molar-refractivity contribution in [3.05, 3.63) is 53.2 Å². The summed E-state index contributed by atoms with van der Waals surface area (Å²) in [4.78, 5) is 51.0. The van der Waals surface area contributed by atoms with Crippen LogP contribution < -0.4 is 20.3 Å². The fourth-order valence-electron chi connectivity index (χ4n) is 4.81. The van der Waals surface area contributed by atoms with E-state index in [1.54, 1.807) is 18.6 Å². The van der Waals surface area contributed by atoms with Crippen LogP contribution in [0.1, 0.15) is 78.7 Å². The summed E-state index contributed by atoms with van der Waals surface area (Å²) in [5.41, 5.74) is 2.11. The van der Waals surface area contributed by atoms with Crippen molar-refractivity contribution in [3.63, 3.8) is 0 Å². The SMILES string of the molecule is CCCC(C)NC(=O)c1cc(OCCCCCCN2CCN(c3ccc(C=O)cn3)CC2)ccc1COC.CO.O=CNC=O. The Balaban J connectivity index is 0.00000131. The van der Waals surface area contributed by atoms with Crippen molar-refractivity contribution in [2.24, 2.45) is 0 Å². The van der Waals surface area contributed by atoms with Crippen molar-refractivity contribution in [3.8, 4) is 5.75 Å². The highest BCUT2D eigenvalue weighted by molar-refractivity contribution is 5.96. The summed E-state index contributed by atoms with van der Waals surface area (Å²) in [6, 6.07) is 9.58. The Bertz CT molecular complexity index is 1100. The van der Waals surface area contributed by atoms with Gasteiger partial charge in [0.25, 0.3) is 5.91 Å². The number of nitrogens with zero attached hydrogens (tertiary/aromatic N) is 3. The summed E-state index contributed by atoms with van der Waals surface area (Å²) in [5, 5.41) is 11.8. The molecule has 3 amide bonds. The highest BCUT2D eigenvalue weighted by Crippen LogP contribution is 2.20. The number of aliphatic hydroxyl groups excluding tert-OH is 1. The number of pyridine rings is 1. The molecule has 3 rings (SSSR count). The second-order valence-corrected chi connectivity index (χ2v) is 10.5. The summed E-state index contributed by atoms with van der Waals surface area (Å²) >= 11 is 0. The number of aromatic nitrogens is 1. The maximum Gasteiger partial charge on any atom is 0.251 e. The first-order valence-electron chi connectivity index (χ1n) is 15.5. The molecule has 1 aliphatic rings. The van der Waals surface area contributed by atoms with E-state index < -0.39 is 0 Å². The van der Waals surface area contributed by atoms with Gasteiger partial charge in [0.1, 0.15) is 11.6 Å². The highest BCUT2D eigenvalue weighted by atomic mass is 16.5. The third-order valence-electron chi connectivity index (χ3n) is 7.10. The summed E-state index contributed by atoms with van der Waals surface area (Å²) in [5.74, 6) is 1.60. The van der Waals surface area contributed by atoms with Gasteiger partial charge in [0.05, 0.1) is 13.2 Å². The molecule has 1 atom stereocenters. The summed E-state index contributed by atoms with van der Waals surface area (Å²) < 4.78 is 11.3. The first kappa shape index (κ1) is 39.2. The molecule has 12 heteroatoms. The number of unbranched alkanes of at least 4 members (excludes halogenated alkanes) is 3. The lowest BCUT2D eigenvalue weighted by Crippen LogP contribution is -2.46. The fraction of sp³-hybridized carbons (Fsp3) is 0.545. The molecule has 1 aromatic heterocycles. The number of amides is 3. The van der Waals surface area contributed by atoms with E-state index in [0.717, 1.165) is 88.9 Å². The van der Waals surface area contributed by atoms with E-state index in [1.165, 1.54) is 12.8 Å². The molecule has 1 aromatic carbocycles. The standard InChI is InChI=1S/C30H44N4O4.C2H3NO2.CH4O/c1-4-9-24(2)32-30(36)28-20-27(12-11-26(28)23-37-3)38-19-8-6-5-7-14-33-15-17-34(18-16-33)29-13-10-25(22-35)21-31-29;4-1-3-2-5;1-2/h10-13,20-22,24H,4-9,14-19,23H2,1-3H3,(H,32,36);1-2H,(H,3,4,5);2H,1H3. The minimum atomic E-state index is -0.0728. The van der Waals surface area contributed by atoms with E-state index in [0.29, 0.717) is 37.2 Å². The quantitative estimate of drug-likeness (QED) is 0.166. The van der Waals surface area contributed by atoms with Crippen LogP contribution in [-0.2, 0) is 20.9 Å². The zero-order valence-corrected chi connectivity index (χ0v) is 27.2. The second kappa shape index (κ2) is 24.5. The number of carbonyl (C=O) groups is 4. The van der Waals surface area contributed by atoms with Crippen LogP contribution in [0.25, 0.3) is 0 Å². The van der Waals surface area contributed by atoms with Gasteiger partial charge in [-0.3, -0.25) is 24.1 Å². The number of methoxy groups -OCH3 is 1. The molecule has 1 saturated heterocycles. The molecule has 2 heterocycles. The fourth-order valence-corrected chi connectivity index (χ4v) is 4.81. The van der Waals surface area contributed by atoms with Crippen LogP contribution in [0, 0.1) is 0 Å². The Kier molecular flexibility index (Phi) is 21.3. The van der Waals surface area contributed by atoms with Gasteiger partial charge in [-0.2, -0.15) is 0 Å². The van der Waals surface area contributed by atoms with E-state index in [-0.39, 0.29) is 11.9 Å². The van der Waals surface area contributed by atoms with Crippen LogP contribution in [0.2, 0.25) is 0 Å². The maximum absolute atomic E-state index is 12.8. The van der Waals surface area contributed by atoms with Crippen molar-refractivity contribution in [2.45, 2.75) is 65.0 Å². The van der Waals surface area contributed by atoms with Gasteiger partial charge in [0, 0.05) is 63.8 Å². The molecule has 0 spiro atoms. The van der Waals surface area contributed by atoms with Crippen molar-refractivity contribution in [1.29, 1.82) is 0 Å². The summed E-state index contributed by atoms with van der Waals surface area (Å²) in [7, 11) is 2.64. The number of rotatable bonds is 18. The predicted octanol–water partition coefficient (Wildman–Crippen LogP) is 3.22. The van der Waals surface area contributed by atoms with Crippen molar-refractivity contribution < 1.29 is 33.8 Å². The number of nitrogens with one attached hydrogen (secondary N) is 2. The number of hydrogen-bond donors (Lipinski definition) is 3. The van der Waals surface area contributed by atoms with Crippen LogP contribution >= 0.6 is 0 Å². The molecule has 2 aromatic rings. The van der Waals surface area contributed by atoms with Crippen LogP contribution in [-0.4, -0.2) is 99.6 Å².